The number of aliphatic hydroxyl groups excluding tert-OH is 6. The van der Waals surface area contributed by atoms with Crippen LogP contribution in [0, 0.1) is 0 Å². The summed E-state index contributed by atoms with van der Waals surface area (Å²) in [5.74, 6) is 0. The average Bonchev–Trinajstić information content (AvgIpc) is 2.41. The molecular weight excluding hydrogens is 232 g/mol. The maximum absolute atomic E-state index is 9.08. The van der Waals surface area contributed by atoms with Gasteiger partial charge in [-0.05, 0) is 0 Å². The van der Waals surface area contributed by atoms with Crippen LogP contribution >= 0.6 is 0 Å². The van der Waals surface area contributed by atoms with Crippen LogP contribution in [0.5, 0.6) is 0 Å². The zero-order valence-electron chi connectivity index (χ0n) is 9.94. The standard InChI is InChI=1S/C9H24N2O6/c12-4-10(5-13,6-14)2-1-3-11(7-15,8-16)9-17/h12-17H,1-9H2/q+2. The number of rotatable bonds is 10. The van der Waals surface area contributed by atoms with Gasteiger partial charge in [-0.1, -0.05) is 0 Å². The molecule has 0 amide bonds. The molecule has 0 bridgehead atoms. The van der Waals surface area contributed by atoms with E-state index in [1.54, 1.807) is 0 Å². The molecule has 104 valence electrons. The monoisotopic (exact) mass is 256 g/mol. The van der Waals surface area contributed by atoms with Gasteiger partial charge in [-0.2, -0.15) is 0 Å². The van der Waals surface area contributed by atoms with Crippen LogP contribution in [0.25, 0.3) is 0 Å². The number of hydrogen-bond acceptors (Lipinski definition) is 6. The molecule has 0 saturated heterocycles. The summed E-state index contributed by atoms with van der Waals surface area (Å²) in [5.41, 5.74) is 0. The molecule has 0 aliphatic rings. The van der Waals surface area contributed by atoms with Gasteiger partial charge in [-0.3, -0.25) is 8.97 Å². The van der Waals surface area contributed by atoms with E-state index in [2.05, 4.69) is 0 Å². The van der Waals surface area contributed by atoms with Crippen LogP contribution in [0.1, 0.15) is 6.42 Å². The van der Waals surface area contributed by atoms with Gasteiger partial charge in [0.2, 0.25) is 0 Å². The zero-order chi connectivity index (χ0) is 13.4. The van der Waals surface area contributed by atoms with Gasteiger partial charge < -0.3 is 30.6 Å². The Balaban J connectivity index is 4.28. The van der Waals surface area contributed by atoms with Gasteiger partial charge in [-0.25, -0.2) is 0 Å². The summed E-state index contributed by atoms with van der Waals surface area (Å²) in [5, 5.41) is 54.5. The molecule has 0 rings (SSSR count). The molecule has 0 aliphatic heterocycles. The van der Waals surface area contributed by atoms with Gasteiger partial charge in [0.1, 0.15) is 0 Å². The highest BCUT2D eigenvalue weighted by molar-refractivity contribution is 4.37. The summed E-state index contributed by atoms with van der Waals surface area (Å²) in [6.45, 7) is -1.83. The molecule has 0 radical (unpaired) electrons. The third-order valence-electron chi connectivity index (χ3n) is 3.06. The molecule has 0 aromatic rings. The largest absolute Gasteiger partial charge is 0.347 e. The van der Waals surface area contributed by atoms with E-state index >= 15 is 0 Å². The van der Waals surface area contributed by atoms with E-state index in [1.807, 2.05) is 0 Å². The third kappa shape index (κ3) is 4.45. The van der Waals surface area contributed by atoms with Crippen LogP contribution in [0.3, 0.4) is 0 Å². The van der Waals surface area contributed by atoms with Gasteiger partial charge in [0.15, 0.2) is 40.4 Å². The minimum atomic E-state index is -0.398. The SMILES string of the molecule is OC[N+](CO)(CO)CCC[N+](CO)(CO)CO. The summed E-state index contributed by atoms with van der Waals surface area (Å²) < 4.78 is -0.551. The predicted octanol–water partition coefficient (Wildman–Crippen LogP) is -3.29. The van der Waals surface area contributed by atoms with Crippen molar-refractivity contribution in [2.45, 2.75) is 6.42 Å². The molecule has 0 aromatic heterocycles. The number of aliphatic hydroxyl groups is 6. The fourth-order valence-corrected chi connectivity index (χ4v) is 1.43. The number of nitrogens with zero attached hydrogens (tertiary/aromatic N) is 2. The Morgan fingerprint density at radius 3 is 0.882 bits per heavy atom. The zero-order valence-corrected chi connectivity index (χ0v) is 9.94. The Bertz CT molecular complexity index is 159. The van der Waals surface area contributed by atoms with Crippen molar-refractivity contribution in [1.82, 2.24) is 0 Å². The van der Waals surface area contributed by atoms with Crippen molar-refractivity contribution in [3.63, 3.8) is 0 Å². The molecule has 8 nitrogen and oxygen atoms in total. The second-order valence-electron chi connectivity index (χ2n) is 4.33. The van der Waals surface area contributed by atoms with Crippen LogP contribution < -0.4 is 0 Å². The van der Waals surface area contributed by atoms with E-state index < -0.39 is 40.4 Å². The fraction of sp³-hybridized carbons (Fsp3) is 1.00. The third-order valence-corrected chi connectivity index (χ3v) is 3.06. The maximum atomic E-state index is 9.08. The summed E-state index contributed by atoms with van der Waals surface area (Å²) in [7, 11) is 0. The van der Waals surface area contributed by atoms with Crippen LogP contribution in [-0.4, -0.2) is 93.1 Å². The van der Waals surface area contributed by atoms with Crippen molar-refractivity contribution < 1.29 is 39.6 Å². The topological polar surface area (TPSA) is 121 Å². The van der Waals surface area contributed by atoms with Gasteiger partial charge in [0, 0.05) is 6.42 Å². The Morgan fingerprint density at radius 2 is 0.706 bits per heavy atom. The molecule has 8 heteroatoms. The lowest BCUT2D eigenvalue weighted by atomic mass is 10.3. The van der Waals surface area contributed by atoms with Gasteiger partial charge in [-0.15, -0.1) is 0 Å². The van der Waals surface area contributed by atoms with E-state index in [0.29, 0.717) is 6.42 Å². The Morgan fingerprint density at radius 1 is 0.471 bits per heavy atom. The van der Waals surface area contributed by atoms with Crippen molar-refractivity contribution in [3.8, 4) is 0 Å². The highest BCUT2D eigenvalue weighted by Gasteiger charge is 2.29. The molecule has 0 atom stereocenters. The molecule has 6 N–H and O–H groups in total. The van der Waals surface area contributed by atoms with Crippen LogP contribution in [0.2, 0.25) is 0 Å². The summed E-state index contributed by atoms with van der Waals surface area (Å²) in [6.07, 6.45) is 0.420. The summed E-state index contributed by atoms with van der Waals surface area (Å²) >= 11 is 0. The van der Waals surface area contributed by atoms with Crippen molar-refractivity contribution in [1.29, 1.82) is 0 Å². The average molecular weight is 256 g/mol. The number of quaternary nitrogens is 2. The van der Waals surface area contributed by atoms with Gasteiger partial charge >= 0.3 is 0 Å². The molecular formula is C9H24N2O6+2. The Hall–Kier alpha value is -0.320. The van der Waals surface area contributed by atoms with E-state index in [1.165, 1.54) is 0 Å². The van der Waals surface area contributed by atoms with Gasteiger partial charge in [0.05, 0.1) is 13.1 Å². The minimum Gasteiger partial charge on any atom is -0.347 e. The fourth-order valence-electron chi connectivity index (χ4n) is 1.43. The molecule has 0 saturated carbocycles. The van der Waals surface area contributed by atoms with Crippen LogP contribution in [0.15, 0.2) is 0 Å². The van der Waals surface area contributed by atoms with Gasteiger partial charge in [0.25, 0.3) is 0 Å². The molecule has 17 heavy (non-hydrogen) atoms. The first-order chi connectivity index (χ1) is 8.07. The predicted molar refractivity (Wildman–Crippen MR) is 57.4 cm³/mol. The minimum absolute atomic E-state index is 0.276. The van der Waals surface area contributed by atoms with Crippen molar-refractivity contribution in [2.75, 3.05) is 53.5 Å². The van der Waals surface area contributed by atoms with E-state index in [0.717, 1.165) is 0 Å². The smallest absolute Gasteiger partial charge is 0.183 e. The molecule has 0 spiro atoms. The van der Waals surface area contributed by atoms with Crippen molar-refractivity contribution in [3.05, 3.63) is 0 Å². The molecule has 0 heterocycles. The second-order valence-corrected chi connectivity index (χ2v) is 4.33. The molecule has 0 aromatic carbocycles. The first-order valence-electron chi connectivity index (χ1n) is 5.43. The lowest BCUT2D eigenvalue weighted by molar-refractivity contribution is -0.992. The highest BCUT2D eigenvalue weighted by atomic mass is 16.4. The van der Waals surface area contributed by atoms with Crippen molar-refractivity contribution >= 4 is 0 Å². The van der Waals surface area contributed by atoms with E-state index in [4.69, 9.17) is 30.6 Å². The normalized spacial score (nSPS) is 13.1. The summed E-state index contributed by atoms with van der Waals surface area (Å²) in [6, 6.07) is 0. The van der Waals surface area contributed by atoms with Crippen LogP contribution in [-0.2, 0) is 0 Å². The second kappa shape index (κ2) is 7.90. The molecule has 0 aliphatic carbocycles. The highest BCUT2D eigenvalue weighted by Crippen LogP contribution is 2.09. The first-order valence-corrected chi connectivity index (χ1v) is 5.43. The van der Waals surface area contributed by atoms with E-state index in [9.17, 15) is 0 Å². The van der Waals surface area contributed by atoms with E-state index in [-0.39, 0.29) is 22.1 Å². The number of hydrogen-bond donors (Lipinski definition) is 6. The quantitative estimate of drug-likeness (QED) is 0.180. The Labute approximate surface area is 100 Å². The lowest BCUT2D eigenvalue weighted by Crippen LogP contribution is -2.54. The molecule has 0 fully saturated rings. The first kappa shape index (κ1) is 16.7. The lowest BCUT2D eigenvalue weighted by Gasteiger charge is -2.35. The molecule has 0 unspecified atom stereocenters. The summed E-state index contributed by atoms with van der Waals surface area (Å²) in [4.78, 5) is 0. The van der Waals surface area contributed by atoms with Crippen LogP contribution in [0.4, 0.5) is 0 Å². The Kier molecular flexibility index (Phi) is 7.75. The van der Waals surface area contributed by atoms with Crippen molar-refractivity contribution in [2.24, 2.45) is 0 Å². The maximum Gasteiger partial charge on any atom is 0.183 e.